The Balaban J connectivity index is 1.85. The van der Waals surface area contributed by atoms with Crippen LogP contribution < -0.4 is 16.0 Å². The van der Waals surface area contributed by atoms with Gasteiger partial charge in [-0.1, -0.05) is 0 Å². The maximum Gasteiger partial charge on any atom is 0.328 e. The number of barbiturate groups is 1. The number of thiophene rings is 1. The Hall–Kier alpha value is -3.50. The number of amides is 5. The number of carbonyl (C=O) groups excluding carboxylic acids is 4. The van der Waals surface area contributed by atoms with E-state index in [0.717, 1.165) is 42.2 Å². The third kappa shape index (κ3) is 3.57. The highest BCUT2D eigenvalue weighted by Gasteiger charge is 2.33. The van der Waals surface area contributed by atoms with E-state index in [0.29, 0.717) is 10.6 Å². The summed E-state index contributed by atoms with van der Waals surface area (Å²) in [5, 5.41) is 25.3. The second-order valence-electron chi connectivity index (χ2n) is 5.96. The number of rotatable bonds is 3. The van der Waals surface area contributed by atoms with E-state index in [-0.39, 0.29) is 0 Å². The first-order valence-corrected chi connectivity index (χ1v) is 8.89. The Labute approximate surface area is 157 Å². The predicted octanol–water partition coefficient (Wildman–Crippen LogP) is 0.869. The van der Waals surface area contributed by atoms with Crippen molar-refractivity contribution in [3.8, 4) is 12.1 Å². The summed E-state index contributed by atoms with van der Waals surface area (Å²) in [5.41, 5.74) is 0.852. The molecule has 1 saturated heterocycles. The van der Waals surface area contributed by atoms with Gasteiger partial charge in [-0.15, -0.1) is 11.3 Å². The van der Waals surface area contributed by atoms with Gasteiger partial charge < -0.3 is 5.32 Å². The molecule has 0 aromatic carbocycles. The van der Waals surface area contributed by atoms with Crippen LogP contribution in [0.1, 0.15) is 28.8 Å². The molecule has 1 aliphatic carbocycles. The van der Waals surface area contributed by atoms with Gasteiger partial charge in [0.25, 0.3) is 5.91 Å². The van der Waals surface area contributed by atoms with E-state index < -0.39 is 35.2 Å². The molecule has 3 rings (SSSR count). The van der Waals surface area contributed by atoms with Crippen LogP contribution in [0.2, 0.25) is 0 Å². The molecule has 1 aromatic heterocycles. The summed E-state index contributed by atoms with van der Waals surface area (Å²) in [7, 11) is 0. The van der Waals surface area contributed by atoms with Crippen molar-refractivity contribution in [3.63, 3.8) is 0 Å². The molecule has 0 spiro atoms. The number of urea groups is 1. The lowest BCUT2D eigenvalue weighted by atomic mass is 9.96. The lowest BCUT2D eigenvalue weighted by Gasteiger charge is -2.17. The minimum Gasteiger partial charge on any atom is -0.312 e. The van der Waals surface area contributed by atoms with Gasteiger partial charge in [0.2, 0.25) is 11.8 Å². The van der Waals surface area contributed by atoms with E-state index in [4.69, 9.17) is 0 Å². The predicted molar refractivity (Wildman–Crippen MR) is 93.2 cm³/mol. The highest BCUT2D eigenvalue weighted by atomic mass is 32.1. The van der Waals surface area contributed by atoms with Gasteiger partial charge in [-0.2, -0.15) is 10.5 Å². The minimum atomic E-state index is -1.48. The number of nitriles is 2. The number of nitrogens with zero attached hydrogens (tertiary/aromatic N) is 2. The number of fused-ring (bicyclic) bond motifs is 1. The summed E-state index contributed by atoms with van der Waals surface area (Å²) in [6.45, 7) is 0. The fraction of sp³-hybridized carbons (Fsp3) is 0.294. The third-order valence-corrected chi connectivity index (χ3v) is 5.45. The molecule has 0 radical (unpaired) electrons. The monoisotopic (exact) mass is 383 g/mol. The molecule has 27 heavy (non-hydrogen) atoms. The molecule has 3 N–H and O–H groups in total. The van der Waals surface area contributed by atoms with Crippen LogP contribution in [0.4, 0.5) is 9.80 Å². The SMILES string of the molecule is N#CC(=CC1C(=O)NC(=O)NC1=O)C(=O)Nc1sc2c(c1C#N)CCCC2. The largest absolute Gasteiger partial charge is 0.328 e. The fourth-order valence-electron chi connectivity index (χ4n) is 2.95. The van der Waals surface area contributed by atoms with Gasteiger partial charge in [0.15, 0.2) is 0 Å². The summed E-state index contributed by atoms with van der Waals surface area (Å²) in [6.07, 6.45) is 4.48. The molecule has 0 atom stereocenters. The van der Waals surface area contributed by atoms with E-state index >= 15 is 0 Å². The summed E-state index contributed by atoms with van der Waals surface area (Å²) < 4.78 is 0. The van der Waals surface area contributed by atoms with Gasteiger partial charge in [0.05, 0.1) is 5.56 Å². The maximum absolute atomic E-state index is 12.4. The molecule has 1 fully saturated rings. The Morgan fingerprint density at radius 3 is 2.44 bits per heavy atom. The zero-order valence-corrected chi connectivity index (χ0v) is 14.7. The molecule has 1 aliphatic heterocycles. The third-order valence-electron chi connectivity index (χ3n) is 4.25. The van der Waals surface area contributed by atoms with Crippen LogP contribution in [0.15, 0.2) is 11.6 Å². The van der Waals surface area contributed by atoms with Crippen molar-refractivity contribution in [3.05, 3.63) is 27.7 Å². The first-order chi connectivity index (χ1) is 12.9. The molecular weight excluding hydrogens is 370 g/mol. The maximum atomic E-state index is 12.4. The van der Waals surface area contributed by atoms with Crippen LogP contribution in [0.3, 0.4) is 0 Å². The molecule has 2 aliphatic rings. The van der Waals surface area contributed by atoms with E-state index in [1.54, 1.807) is 6.07 Å². The zero-order chi connectivity index (χ0) is 19.6. The Morgan fingerprint density at radius 1 is 1.15 bits per heavy atom. The fourth-order valence-corrected chi connectivity index (χ4v) is 4.19. The standard InChI is InChI=1S/C17H13N5O4S/c18-6-8(5-10-14(24)21-17(26)22-15(10)25)13(23)20-16-11(7-19)9-3-1-2-4-12(9)27-16/h5,10H,1-4H2,(H,20,23)(H2,21,22,24,25,26). The quantitative estimate of drug-likeness (QED) is 0.400. The van der Waals surface area contributed by atoms with Crippen molar-refractivity contribution in [1.29, 1.82) is 10.5 Å². The van der Waals surface area contributed by atoms with Gasteiger partial charge in [-0.3, -0.25) is 25.0 Å². The van der Waals surface area contributed by atoms with Crippen LogP contribution in [0, 0.1) is 28.6 Å². The molecule has 2 heterocycles. The van der Waals surface area contributed by atoms with Crippen molar-refractivity contribution in [1.82, 2.24) is 10.6 Å². The number of hydrogen-bond donors (Lipinski definition) is 3. The van der Waals surface area contributed by atoms with Gasteiger partial charge >= 0.3 is 6.03 Å². The van der Waals surface area contributed by atoms with Crippen LogP contribution >= 0.6 is 11.3 Å². The van der Waals surface area contributed by atoms with E-state index in [1.807, 2.05) is 10.6 Å². The lowest BCUT2D eigenvalue weighted by molar-refractivity contribution is -0.133. The molecule has 0 bridgehead atoms. The van der Waals surface area contributed by atoms with Gasteiger partial charge in [0.1, 0.15) is 28.6 Å². The van der Waals surface area contributed by atoms with Crippen molar-refractivity contribution < 1.29 is 19.2 Å². The summed E-state index contributed by atoms with van der Waals surface area (Å²) in [5.74, 6) is -4.15. The number of imide groups is 2. The Morgan fingerprint density at radius 2 is 1.81 bits per heavy atom. The Kier molecular flexibility index (Phi) is 5.01. The summed E-state index contributed by atoms with van der Waals surface area (Å²) >= 11 is 1.30. The van der Waals surface area contributed by atoms with Crippen molar-refractivity contribution >= 4 is 40.1 Å². The average molecular weight is 383 g/mol. The number of anilines is 1. The van der Waals surface area contributed by atoms with Crippen LogP contribution in [-0.2, 0) is 27.2 Å². The van der Waals surface area contributed by atoms with E-state index in [2.05, 4.69) is 11.4 Å². The molecule has 136 valence electrons. The van der Waals surface area contributed by atoms with E-state index in [9.17, 15) is 29.7 Å². The smallest absolute Gasteiger partial charge is 0.312 e. The highest BCUT2D eigenvalue weighted by Crippen LogP contribution is 2.37. The normalized spacial score (nSPS) is 17.3. The van der Waals surface area contributed by atoms with Gasteiger partial charge in [-0.25, -0.2) is 4.79 Å². The second kappa shape index (κ2) is 7.40. The molecule has 1 aromatic rings. The molecule has 0 unspecified atom stereocenters. The van der Waals surface area contributed by atoms with Crippen LogP contribution in [-0.4, -0.2) is 23.8 Å². The van der Waals surface area contributed by atoms with Crippen molar-refractivity contribution in [2.75, 3.05) is 5.32 Å². The lowest BCUT2D eigenvalue weighted by Crippen LogP contribution is -2.55. The summed E-state index contributed by atoms with van der Waals surface area (Å²) in [4.78, 5) is 48.1. The first-order valence-electron chi connectivity index (χ1n) is 8.08. The molecule has 9 nitrogen and oxygen atoms in total. The van der Waals surface area contributed by atoms with Crippen molar-refractivity contribution in [2.24, 2.45) is 5.92 Å². The highest BCUT2D eigenvalue weighted by molar-refractivity contribution is 7.16. The molecule has 0 saturated carbocycles. The molecular formula is C17H13N5O4S. The summed E-state index contributed by atoms with van der Waals surface area (Å²) in [6, 6.07) is 2.78. The van der Waals surface area contributed by atoms with Gasteiger partial charge in [-0.05, 0) is 37.3 Å². The van der Waals surface area contributed by atoms with Crippen molar-refractivity contribution in [2.45, 2.75) is 25.7 Å². The average Bonchev–Trinajstić information content (AvgIpc) is 2.97. The molecule has 5 amide bonds. The number of aryl methyl sites for hydroxylation is 1. The van der Waals surface area contributed by atoms with Gasteiger partial charge in [0, 0.05) is 4.88 Å². The minimum absolute atomic E-state index is 0.350. The number of nitrogens with one attached hydrogen (secondary N) is 3. The zero-order valence-electron chi connectivity index (χ0n) is 13.9. The first kappa shape index (κ1) is 18.3. The second-order valence-corrected chi connectivity index (χ2v) is 7.06. The van der Waals surface area contributed by atoms with Crippen LogP contribution in [0.5, 0.6) is 0 Å². The number of hydrogen-bond acceptors (Lipinski definition) is 7. The topological polar surface area (TPSA) is 152 Å². The molecule has 10 heteroatoms. The van der Waals surface area contributed by atoms with Crippen LogP contribution in [0.25, 0.3) is 0 Å². The number of carbonyl (C=O) groups is 4. The Bertz CT molecular complexity index is 959. The van der Waals surface area contributed by atoms with E-state index in [1.165, 1.54) is 11.3 Å².